The number of nitrogens with zero attached hydrogens (tertiary/aromatic N) is 1. The Balaban J connectivity index is 1.97. The number of carbonyl (C=O) groups excluding carboxylic acids is 1. The van der Waals surface area contributed by atoms with Crippen LogP contribution < -0.4 is 5.32 Å². The van der Waals surface area contributed by atoms with Gasteiger partial charge in [0.15, 0.2) is 4.67 Å². The summed E-state index contributed by atoms with van der Waals surface area (Å²) in [7, 11) is 0. The molecular weight excluding hydrogens is 296 g/mol. The zero-order valence-electron chi connectivity index (χ0n) is 9.31. The molecule has 2 aromatic rings. The number of rotatable bonds is 3. The van der Waals surface area contributed by atoms with E-state index in [1.165, 1.54) is 6.26 Å². The molecule has 0 fully saturated rings. The minimum absolute atomic E-state index is 0.208. The molecule has 0 radical (unpaired) electrons. The number of furan rings is 1. The molecule has 4 nitrogen and oxygen atoms in total. The van der Waals surface area contributed by atoms with E-state index in [9.17, 15) is 4.79 Å². The molecule has 1 amide bonds. The van der Waals surface area contributed by atoms with E-state index in [1.807, 2.05) is 18.2 Å². The van der Waals surface area contributed by atoms with Crippen molar-refractivity contribution in [1.82, 2.24) is 5.32 Å². The van der Waals surface area contributed by atoms with Crippen LogP contribution in [-0.2, 0) is 6.54 Å². The van der Waals surface area contributed by atoms with Crippen molar-refractivity contribution in [3.05, 3.63) is 58.0 Å². The highest BCUT2D eigenvalue weighted by Crippen LogP contribution is 2.17. The van der Waals surface area contributed by atoms with Gasteiger partial charge in [-0.1, -0.05) is 12.1 Å². The summed E-state index contributed by atoms with van der Waals surface area (Å²) < 4.78 is 5.40. The lowest BCUT2D eigenvalue weighted by Crippen LogP contribution is -2.22. The number of halogens is 1. The lowest BCUT2D eigenvalue weighted by atomic mass is 10.1. The molecule has 5 heteroatoms. The molecule has 0 aliphatic rings. The van der Waals surface area contributed by atoms with E-state index in [-0.39, 0.29) is 5.91 Å². The van der Waals surface area contributed by atoms with Crippen molar-refractivity contribution in [2.45, 2.75) is 6.54 Å². The summed E-state index contributed by atoms with van der Waals surface area (Å²) in [6.45, 7) is 0.405. The maximum atomic E-state index is 11.8. The Morgan fingerprint density at radius 2 is 2.06 bits per heavy atom. The monoisotopic (exact) mass is 304 g/mol. The molecule has 0 spiro atoms. The van der Waals surface area contributed by atoms with Gasteiger partial charge in [0.25, 0.3) is 5.91 Å². The summed E-state index contributed by atoms with van der Waals surface area (Å²) in [6.07, 6.45) is 1.45. The van der Waals surface area contributed by atoms with Gasteiger partial charge in [-0.05, 0) is 39.7 Å². The highest BCUT2D eigenvalue weighted by atomic mass is 79.9. The summed E-state index contributed by atoms with van der Waals surface area (Å²) in [4.78, 5) is 11.8. The van der Waals surface area contributed by atoms with Gasteiger partial charge in [0.1, 0.15) is 0 Å². The first-order valence-corrected chi connectivity index (χ1v) is 6.00. The second kappa shape index (κ2) is 5.52. The van der Waals surface area contributed by atoms with Gasteiger partial charge in [-0.2, -0.15) is 5.26 Å². The predicted octanol–water partition coefficient (Wildman–Crippen LogP) is 2.84. The quantitative estimate of drug-likeness (QED) is 0.948. The van der Waals surface area contributed by atoms with Crippen molar-refractivity contribution in [1.29, 1.82) is 5.26 Å². The molecule has 2 rings (SSSR count). The standard InChI is InChI=1S/C13H9BrN2O2/c14-12-11(5-6-18-12)13(17)16-8-10-3-1-9(7-15)2-4-10/h1-6H,8H2,(H,16,17). The molecular formula is C13H9BrN2O2. The molecule has 0 saturated carbocycles. The van der Waals surface area contributed by atoms with Crippen molar-refractivity contribution in [3.8, 4) is 6.07 Å². The van der Waals surface area contributed by atoms with E-state index >= 15 is 0 Å². The third-order valence-corrected chi connectivity index (χ3v) is 3.01. The van der Waals surface area contributed by atoms with Crippen LogP contribution in [0, 0.1) is 11.3 Å². The number of hydrogen-bond donors (Lipinski definition) is 1. The topological polar surface area (TPSA) is 66.0 Å². The maximum absolute atomic E-state index is 11.8. The third kappa shape index (κ3) is 2.79. The smallest absolute Gasteiger partial charge is 0.256 e. The SMILES string of the molecule is N#Cc1ccc(CNC(=O)c2ccoc2Br)cc1. The second-order valence-electron chi connectivity index (χ2n) is 3.60. The Morgan fingerprint density at radius 1 is 1.33 bits per heavy atom. The number of nitriles is 1. The molecule has 1 aromatic carbocycles. The van der Waals surface area contributed by atoms with Crippen LogP contribution in [0.25, 0.3) is 0 Å². The summed E-state index contributed by atoms with van der Waals surface area (Å²) in [5.74, 6) is -0.208. The summed E-state index contributed by atoms with van der Waals surface area (Å²) in [5, 5.41) is 11.4. The summed E-state index contributed by atoms with van der Waals surface area (Å²) in [5.41, 5.74) is 1.99. The lowest BCUT2D eigenvalue weighted by Gasteiger charge is -2.04. The van der Waals surface area contributed by atoms with Gasteiger partial charge < -0.3 is 9.73 Å². The fourth-order valence-electron chi connectivity index (χ4n) is 1.43. The van der Waals surface area contributed by atoms with Gasteiger partial charge in [-0.25, -0.2) is 0 Å². The van der Waals surface area contributed by atoms with Crippen molar-refractivity contribution < 1.29 is 9.21 Å². The van der Waals surface area contributed by atoms with Gasteiger partial charge in [-0.15, -0.1) is 0 Å². The summed E-state index contributed by atoms with van der Waals surface area (Å²) in [6, 6.07) is 10.7. The average Bonchev–Trinajstić information content (AvgIpc) is 2.83. The Hall–Kier alpha value is -2.06. The number of amides is 1. The van der Waals surface area contributed by atoms with Gasteiger partial charge >= 0.3 is 0 Å². The number of carbonyl (C=O) groups is 1. The van der Waals surface area contributed by atoms with Gasteiger partial charge in [-0.3, -0.25) is 4.79 Å². The van der Waals surface area contributed by atoms with E-state index in [2.05, 4.69) is 21.2 Å². The fraction of sp³-hybridized carbons (Fsp3) is 0.0769. The molecule has 1 N–H and O–H groups in total. The first kappa shape index (κ1) is 12.4. The van der Waals surface area contributed by atoms with Crippen LogP contribution in [0.3, 0.4) is 0 Å². The van der Waals surface area contributed by atoms with Crippen LogP contribution in [0.1, 0.15) is 21.5 Å². The predicted molar refractivity (Wildman–Crippen MR) is 68.7 cm³/mol. The van der Waals surface area contributed by atoms with E-state index < -0.39 is 0 Å². The van der Waals surface area contributed by atoms with Crippen LogP contribution in [0.15, 0.2) is 45.7 Å². The van der Waals surface area contributed by atoms with Crippen LogP contribution in [-0.4, -0.2) is 5.91 Å². The van der Waals surface area contributed by atoms with Crippen LogP contribution in [0.5, 0.6) is 0 Å². The van der Waals surface area contributed by atoms with E-state index in [0.717, 1.165) is 5.56 Å². The average molecular weight is 305 g/mol. The Labute approximate surface area is 112 Å². The number of hydrogen-bond acceptors (Lipinski definition) is 3. The Bertz CT molecular complexity index is 596. The molecule has 90 valence electrons. The molecule has 0 unspecified atom stereocenters. The maximum Gasteiger partial charge on any atom is 0.256 e. The number of nitrogens with one attached hydrogen (secondary N) is 1. The minimum atomic E-state index is -0.208. The van der Waals surface area contributed by atoms with Crippen LogP contribution in [0.4, 0.5) is 0 Å². The first-order valence-electron chi connectivity index (χ1n) is 5.21. The molecule has 0 atom stereocenters. The molecule has 1 heterocycles. The van der Waals surface area contributed by atoms with Crippen LogP contribution >= 0.6 is 15.9 Å². The van der Waals surface area contributed by atoms with E-state index in [4.69, 9.17) is 9.68 Å². The highest BCUT2D eigenvalue weighted by Gasteiger charge is 2.11. The molecule has 0 bridgehead atoms. The third-order valence-electron chi connectivity index (χ3n) is 2.40. The van der Waals surface area contributed by atoms with Crippen molar-refractivity contribution >= 4 is 21.8 Å². The molecule has 18 heavy (non-hydrogen) atoms. The minimum Gasteiger partial charge on any atom is -0.457 e. The highest BCUT2D eigenvalue weighted by molar-refractivity contribution is 9.10. The molecule has 1 aromatic heterocycles. The zero-order valence-corrected chi connectivity index (χ0v) is 10.9. The van der Waals surface area contributed by atoms with Crippen LogP contribution in [0.2, 0.25) is 0 Å². The van der Waals surface area contributed by atoms with Gasteiger partial charge in [0, 0.05) is 6.54 Å². The van der Waals surface area contributed by atoms with Gasteiger partial charge in [0.2, 0.25) is 0 Å². The Kier molecular flexibility index (Phi) is 3.80. The number of benzene rings is 1. The lowest BCUT2D eigenvalue weighted by molar-refractivity contribution is 0.0949. The van der Waals surface area contributed by atoms with Crippen molar-refractivity contribution in [3.63, 3.8) is 0 Å². The Morgan fingerprint density at radius 3 is 2.61 bits per heavy atom. The van der Waals surface area contributed by atoms with Crippen molar-refractivity contribution in [2.24, 2.45) is 0 Å². The van der Waals surface area contributed by atoms with E-state index in [1.54, 1.807) is 18.2 Å². The second-order valence-corrected chi connectivity index (χ2v) is 4.32. The normalized spacial score (nSPS) is 9.78. The zero-order chi connectivity index (χ0) is 13.0. The molecule has 0 aliphatic carbocycles. The fourth-order valence-corrected chi connectivity index (χ4v) is 1.85. The first-order chi connectivity index (χ1) is 8.70. The largest absolute Gasteiger partial charge is 0.457 e. The van der Waals surface area contributed by atoms with E-state index in [0.29, 0.717) is 22.3 Å². The van der Waals surface area contributed by atoms with Crippen molar-refractivity contribution in [2.75, 3.05) is 0 Å². The summed E-state index contributed by atoms with van der Waals surface area (Å²) >= 11 is 3.15. The van der Waals surface area contributed by atoms with Gasteiger partial charge in [0.05, 0.1) is 23.5 Å². The molecule has 0 aliphatic heterocycles. The molecule has 0 saturated heterocycles.